The minimum atomic E-state index is -0.122. The van der Waals surface area contributed by atoms with E-state index in [2.05, 4.69) is 26.3 Å². The number of morpholine rings is 1. The highest BCUT2D eigenvalue weighted by Crippen LogP contribution is 2.30. The zero-order valence-corrected chi connectivity index (χ0v) is 19.7. The van der Waals surface area contributed by atoms with E-state index < -0.39 is 0 Å². The maximum atomic E-state index is 12.4. The summed E-state index contributed by atoms with van der Waals surface area (Å²) in [4.78, 5) is 26.6. The number of para-hydroxylation sites is 1. The number of aromatic nitrogens is 3. The molecule has 0 atom stereocenters. The summed E-state index contributed by atoms with van der Waals surface area (Å²) in [6.45, 7) is 2.02. The van der Waals surface area contributed by atoms with Crippen molar-refractivity contribution >= 4 is 35.1 Å². The number of hydrogen-bond donors (Lipinski definition) is 2. The largest absolute Gasteiger partial charge is 0.493 e. The molecule has 3 N–H and O–H groups in total. The van der Waals surface area contributed by atoms with Crippen LogP contribution in [0, 0.1) is 11.3 Å². The van der Waals surface area contributed by atoms with Crippen LogP contribution in [0.15, 0.2) is 48.5 Å². The molecule has 4 rings (SSSR count). The number of carbonyl (C=O) groups excluding carboxylic acids is 1. The van der Waals surface area contributed by atoms with Gasteiger partial charge in [-0.15, -0.1) is 0 Å². The number of nitrogens with two attached hydrogens (primary N) is 1. The smallest absolute Gasteiger partial charge is 0.260 e. The molecule has 2 aromatic carbocycles. The van der Waals surface area contributed by atoms with Gasteiger partial charge in [0.05, 0.1) is 25.9 Å². The zero-order chi connectivity index (χ0) is 25.3. The van der Waals surface area contributed by atoms with Crippen LogP contribution in [-0.2, 0) is 9.53 Å². The number of benzene rings is 2. The van der Waals surface area contributed by atoms with Gasteiger partial charge in [0.25, 0.3) is 5.91 Å². The monoisotopic (exact) mass is 487 g/mol. The third-order valence-corrected chi connectivity index (χ3v) is 5.26. The fourth-order valence-corrected chi connectivity index (χ4v) is 3.47. The van der Waals surface area contributed by atoms with Gasteiger partial charge in [-0.1, -0.05) is 24.3 Å². The molecule has 0 bridgehead atoms. The number of ether oxygens (including phenoxy) is 3. The number of methoxy groups -OCH3 is 1. The van der Waals surface area contributed by atoms with Crippen LogP contribution in [0.5, 0.6) is 11.5 Å². The van der Waals surface area contributed by atoms with Crippen molar-refractivity contribution in [3.8, 4) is 17.6 Å². The standard InChI is InChI=1S/C25H25N7O4/c1-34-21-14-17(7-8-20(21)36-16-22(33)32-9-11-35-12-10-32)13-18(15-26)23-29-24(27)31-25(30-23)28-19-5-3-2-4-6-19/h2-8,13-14H,9-12,16H2,1H3,(H3,27,28,29,30,31)/b18-13+. The van der Waals surface area contributed by atoms with E-state index in [1.807, 2.05) is 30.3 Å². The van der Waals surface area contributed by atoms with Crippen molar-refractivity contribution < 1.29 is 19.0 Å². The van der Waals surface area contributed by atoms with Gasteiger partial charge in [-0.25, -0.2) is 0 Å². The molecular weight excluding hydrogens is 462 g/mol. The fourth-order valence-electron chi connectivity index (χ4n) is 3.47. The lowest BCUT2D eigenvalue weighted by atomic mass is 10.1. The van der Waals surface area contributed by atoms with Crippen LogP contribution < -0.4 is 20.5 Å². The van der Waals surface area contributed by atoms with Gasteiger partial charge >= 0.3 is 0 Å². The number of nitrogens with one attached hydrogen (secondary N) is 1. The molecule has 2 heterocycles. The average Bonchev–Trinajstić information content (AvgIpc) is 2.91. The van der Waals surface area contributed by atoms with E-state index in [-0.39, 0.29) is 35.8 Å². The lowest BCUT2D eigenvalue weighted by Crippen LogP contribution is -2.43. The Bertz CT molecular complexity index is 1290. The molecule has 0 saturated carbocycles. The van der Waals surface area contributed by atoms with E-state index >= 15 is 0 Å². The van der Waals surface area contributed by atoms with Gasteiger partial charge in [-0.05, 0) is 35.9 Å². The number of rotatable bonds is 8. The lowest BCUT2D eigenvalue weighted by molar-refractivity contribution is -0.137. The zero-order valence-electron chi connectivity index (χ0n) is 19.7. The van der Waals surface area contributed by atoms with E-state index in [1.165, 1.54) is 7.11 Å². The van der Waals surface area contributed by atoms with E-state index in [1.54, 1.807) is 29.2 Å². The quantitative estimate of drug-likeness (QED) is 0.454. The van der Waals surface area contributed by atoms with Crippen molar-refractivity contribution in [2.24, 2.45) is 0 Å². The average molecular weight is 488 g/mol. The first-order chi connectivity index (χ1) is 17.6. The second kappa shape index (κ2) is 11.6. The summed E-state index contributed by atoms with van der Waals surface area (Å²) >= 11 is 0. The summed E-state index contributed by atoms with van der Waals surface area (Å²) in [5.74, 6) is 1.02. The molecular formula is C25H25N7O4. The number of allylic oxidation sites excluding steroid dienone is 1. The molecule has 1 aliphatic heterocycles. The van der Waals surface area contributed by atoms with Gasteiger partial charge in [-0.2, -0.15) is 20.2 Å². The number of carbonyl (C=O) groups is 1. The van der Waals surface area contributed by atoms with Crippen molar-refractivity contribution in [3.63, 3.8) is 0 Å². The summed E-state index contributed by atoms with van der Waals surface area (Å²) in [6, 6.07) is 16.5. The van der Waals surface area contributed by atoms with Gasteiger partial charge in [-0.3, -0.25) is 4.79 Å². The topological polar surface area (TPSA) is 149 Å². The summed E-state index contributed by atoms with van der Waals surface area (Å²) in [5, 5.41) is 12.8. The Morgan fingerprint density at radius 1 is 1.17 bits per heavy atom. The molecule has 0 spiro atoms. The summed E-state index contributed by atoms with van der Waals surface area (Å²) in [6.07, 6.45) is 1.60. The molecule has 36 heavy (non-hydrogen) atoms. The van der Waals surface area contributed by atoms with Crippen LogP contribution in [0.25, 0.3) is 11.6 Å². The van der Waals surface area contributed by atoms with Gasteiger partial charge in [0.2, 0.25) is 11.9 Å². The Morgan fingerprint density at radius 2 is 1.94 bits per heavy atom. The molecule has 11 nitrogen and oxygen atoms in total. The predicted octanol–water partition coefficient (Wildman–Crippen LogP) is 2.51. The second-order valence-electron chi connectivity index (χ2n) is 7.69. The molecule has 184 valence electrons. The molecule has 1 aliphatic rings. The number of nitrogen functional groups attached to an aromatic ring is 1. The van der Waals surface area contributed by atoms with Crippen LogP contribution in [0.3, 0.4) is 0 Å². The molecule has 3 aromatic rings. The molecule has 1 amide bonds. The summed E-state index contributed by atoms with van der Waals surface area (Å²) in [5.41, 5.74) is 7.45. The SMILES string of the molecule is COc1cc(/C=C(\C#N)c2nc(N)nc(Nc3ccccc3)n2)ccc1OCC(=O)N1CCOCC1. The Morgan fingerprint density at radius 3 is 2.67 bits per heavy atom. The maximum absolute atomic E-state index is 12.4. The molecule has 0 unspecified atom stereocenters. The highest BCUT2D eigenvalue weighted by atomic mass is 16.5. The minimum absolute atomic E-state index is 0.0224. The number of anilines is 3. The van der Waals surface area contributed by atoms with Gasteiger partial charge in [0.1, 0.15) is 6.07 Å². The van der Waals surface area contributed by atoms with Gasteiger partial charge < -0.3 is 30.2 Å². The van der Waals surface area contributed by atoms with E-state index in [9.17, 15) is 10.1 Å². The minimum Gasteiger partial charge on any atom is -0.493 e. The molecule has 1 saturated heterocycles. The van der Waals surface area contributed by atoms with Crippen LogP contribution in [-0.4, -0.2) is 65.8 Å². The maximum Gasteiger partial charge on any atom is 0.260 e. The highest BCUT2D eigenvalue weighted by molar-refractivity contribution is 5.87. The Kier molecular flexibility index (Phi) is 7.90. The second-order valence-corrected chi connectivity index (χ2v) is 7.69. The first-order valence-corrected chi connectivity index (χ1v) is 11.2. The van der Waals surface area contributed by atoms with Crippen molar-refractivity contribution in [1.82, 2.24) is 19.9 Å². The number of nitrogens with zero attached hydrogens (tertiary/aromatic N) is 5. The summed E-state index contributed by atoms with van der Waals surface area (Å²) < 4.78 is 16.4. The van der Waals surface area contributed by atoms with Crippen molar-refractivity contribution in [2.45, 2.75) is 0 Å². The van der Waals surface area contributed by atoms with E-state index in [4.69, 9.17) is 19.9 Å². The summed E-state index contributed by atoms with van der Waals surface area (Å²) in [7, 11) is 1.50. The Balaban J connectivity index is 1.51. The van der Waals surface area contributed by atoms with Gasteiger partial charge in [0, 0.05) is 18.8 Å². The molecule has 1 aromatic heterocycles. The molecule has 11 heteroatoms. The third-order valence-electron chi connectivity index (χ3n) is 5.26. The number of hydrogen-bond acceptors (Lipinski definition) is 10. The predicted molar refractivity (Wildman–Crippen MR) is 133 cm³/mol. The van der Waals surface area contributed by atoms with Crippen molar-refractivity contribution in [1.29, 1.82) is 5.26 Å². The van der Waals surface area contributed by atoms with Gasteiger partial charge in [0.15, 0.2) is 23.9 Å². The van der Waals surface area contributed by atoms with Crippen molar-refractivity contribution in [3.05, 3.63) is 59.9 Å². The van der Waals surface area contributed by atoms with Crippen LogP contribution in [0.2, 0.25) is 0 Å². The lowest BCUT2D eigenvalue weighted by Gasteiger charge is -2.26. The van der Waals surface area contributed by atoms with Crippen LogP contribution in [0.1, 0.15) is 11.4 Å². The normalized spacial score (nSPS) is 13.6. The first kappa shape index (κ1) is 24.4. The highest BCUT2D eigenvalue weighted by Gasteiger charge is 2.18. The van der Waals surface area contributed by atoms with Crippen molar-refractivity contribution in [2.75, 3.05) is 51.1 Å². The third kappa shape index (κ3) is 6.25. The molecule has 1 fully saturated rings. The van der Waals surface area contributed by atoms with E-state index in [0.29, 0.717) is 43.4 Å². The molecule has 0 radical (unpaired) electrons. The Hall–Kier alpha value is -4.69. The van der Waals surface area contributed by atoms with Crippen LogP contribution in [0.4, 0.5) is 17.6 Å². The van der Waals surface area contributed by atoms with E-state index in [0.717, 1.165) is 5.69 Å². The Labute approximate surface area is 208 Å². The fraction of sp³-hybridized carbons (Fsp3) is 0.240. The van der Waals surface area contributed by atoms with Crippen LogP contribution >= 0.6 is 0 Å². The first-order valence-electron chi connectivity index (χ1n) is 11.2. The number of amides is 1. The number of nitriles is 1. The molecule has 0 aliphatic carbocycles.